The van der Waals surface area contributed by atoms with E-state index in [0.29, 0.717) is 29.0 Å². The van der Waals surface area contributed by atoms with Gasteiger partial charge in [0.2, 0.25) is 0 Å². The molecule has 0 bridgehead atoms. The first kappa shape index (κ1) is 15.3. The topological polar surface area (TPSA) is 21.3 Å². The fraction of sp³-hybridized carbons (Fsp3) is 1.00. The van der Waals surface area contributed by atoms with E-state index in [4.69, 9.17) is 4.74 Å². The second-order valence-electron chi connectivity index (χ2n) is 8.33. The fourth-order valence-electron chi connectivity index (χ4n) is 4.41. The number of hydrogen-bond acceptors (Lipinski definition) is 2. The third kappa shape index (κ3) is 3.33. The SMILES string of the molecule is CCOC1CC(NC2CC(C)CC(C)(C)C2)C1(C)C. The van der Waals surface area contributed by atoms with Crippen LogP contribution in [0.3, 0.4) is 0 Å². The van der Waals surface area contributed by atoms with Gasteiger partial charge in [-0.05, 0) is 43.9 Å². The number of rotatable bonds is 4. The highest BCUT2D eigenvalue weighted by Crippen LogP contribution is 2.45. The van der Waals surface area contributed by atoms with Crippen molar-refractivity contribution < 1.29 is 4.74 Å². The Balaban J connectivity index is 1.89. The van der Waals surface area contributed by atoms with Crippen molar-refractivity contribution in [1.82, 2.24) is 5.32 Å². The third-order valence-corrected chi connectivity index (χ3v) is 5.37. The van der Waals surface area contributed by atoms with Crippen LogP contribution in [-0.2, 0) is 4.74 Å². The first-order valence-corrected chi connectivity index (χ1v) is 8.12. The van der Waals surface area contributed by atoms with Crippen LogP contribution >= 0.6 is 0 Å². The summed E-state index contributed by atoms with van der Waals surface area (Å²) in [5.74, 6) is 0.854. The molecule has 0 aromatic heterocycles. The molecule has 19 heavy (non-hydrogen) atoms. The fourth-order valence-corrected chi connectivity index (χ4v) is 4.41. The molecule has 0 radical (unpaired) electrons. The highest BCUT2D eigenvalue weighted by molar-refractivity contribution is 5.04. The molecule has 0 spiro atoms. The highest BCUT2D eigenvalue weighted by Gasteiger charge is 2.49. The highest BCUT2D eigenvalue weighted by atomic mass is 16.5. The van der Waals surface area contributed by atoms with Gasteiger partial charge in [-0.2, -0.15) is 0 Å². The summed E-state index contributed by atoms with van der Waals surface area (Å²) >= 11 is 0. The minimum absolute atomic E-state index is 0.292. The van der Waals surface area contributed by atoms with E-state index >= 15 is 0 Å². The summed E-state index contributed by atoms with van der Waals surface area (Å²) in [7, 11) is 0. The van der Waals surface area contributed by atoms with Crippen molar-refractivity contribution in [3.8, 4) is 0 Å². The van der Waals surface area contributed by atoms with Crippen molar-refractivity contribution in [1.29, 1.82) is 0 Å². The summed E-state index contributed by atoms with van der Waals surface area (Å²) in [4.78, 5) is 0. The Kier molecular flexibility index (Phi) is 4.32. The molecular weight excluding hydrogens is 234 g/mol. The lowest BCUT2D eigenvalue weighted by Crippen LogP contribution is -2.63. The maximum atomic E-state index is 5.83. The maximum Gasteiger partial charge on any atom is 0.0655 e. The third-order valence-electron chi connectivity index (χ3n) is 5.37. The zero-order valence-electron chi connectivity index (χ0n) is 13.8. The molecule has 0 heterocycles. The maximum absolute atomic E-state index is 5.83. The van der Waals surface area contributed by atoms with Crippen molar-refractivity contribution in [2.75, 3.05) is 6.61 Å². The van der Waals surface area contributed by atoms with Crippen LogP contribution in [0.2, 0.25) is 0 Å². The first-order valence-electron chi connectivity index (χ1n) is 8.12. The Morgan fingerprint density at radius 3 is 2.32 bits per heavy atom. The van der Waals surface area contributed by atoms with Gasteiger partial charge in [-0.25, -0.2) is 0 Å². The smallest absolute Gasteiger partial charge is 0.0655 e. The normalized spacial score (nSPS) is 40.7. The van der Waals surface area contributed by atoms with E-state index in [0.717, 1.165) is 12.5 Å². The molecule has 2 aliphatic rings. The van der Waals surface area contributed by atoms with Crippen LogP contribution in [0.25, 0.3) is 0 Å². The van der Waals surface area contributed by atoms with Gasteiger partial charge in [0.25, 0.3) is 0 Å². The van der Waals surface area contributed by atoms with Crippen molar-refractivity contribution in [3.63, 3.8) is 0 Å². The molecule has 4 atom stereocenters. The Bertz CT molecular complexity index is 310. The van der Waals surface area contributed by atoms with E-state index < -0.39 is 0 Å². The molecule has 0 aromatic rings. The average Bonchev–Trinajstić information content (AvgIpc) is 2.25. The van der Waals surface area contributed by atoms with Crippen LogP contribution in [0.4, 0.5) is 0 Å². The molecule has 2 nitrogen and oxygen atoms in total. The van der Waals surface area contributed by atoms with Crippen LogP contribution in [-0.4, -0.2) is 24.8 Å². The van der Waals surface area contributed by atoms with E-state index in [1.165, 1.54) is 25.7 Å². The summed E-state index contributed by atoms with van der Waals surface area (Å²) in [6, 6.07) is 1.33. The van der Waals surface area contributed by atoms with Crippen LogP contribution < -0.4 is 5.32 Å². The second-order valence-corrected chi connectivity index (χ2v) is 8.33. The molecule has 1 N–H and O–H groups in total. The molecule has 0 amide bonds. The van der Waals surface area contributed by atoms with Gasteiger partial charge in [0.05, 0.1) is 6.10 Å². The molecule has 0 aromatic carbocycles. The van der Waals surface area contributed by atoms with Crippen LogP contribution in [0.5, 0.6) is 0 Å². The lowest BCUT2D eigenvalue weighted by atomic mass is 9.63. The van der Waals surface area contributed by atoms with Gasteiger partial charge < -0.3 is 10.1 Å². The molecule has 2 aliphatic carbocycles. The lowest BCUT2D eigenvalue weighted by Gasteiger charge is -2.54. The van der Waals surface area contributed by atoms with Crippen molar-refractivity contribution >= 4 is 0 Å². The Labute approximate surface area is 119 Å². The molecule has 0 aliphatic heterocycles. The van der Waals surface area contributed by atoms with E-state index in [1.807, 2.05) is 0 Å². The zero-order valence-corrected chi connectivity index (χ0v) is 13.8. The van der Waals surface area contributed by atoms with Gasteiger partial charge in [0, 0.05) is 24.1 Å². The van der Waals surface area contributed by atoms with Crippen LogP contribution in [0.1, 0.15) is 67.2 Å². The van der Waals surface area contributed by atoms with Gasteiger partial charge in [0.1, 0.15) is 0 Å². The summed E-state index contributed by atoms with van der Waals surface area (Å²) in [6.45, 7) is 14.9. The van der Waals surface area contributed by atoms with Crippen LogP contribution in [0, 0.1) is 16.7 Å². The Hall–Kier alpha value is -0.0800. The molecule has 2 saturated carbocycles. The van der Waals surface area contributed by atoms with Crippen LogP contribution in [0.15, 0.2) is 0 Å². The zero-order chi connectivity index (χ0) is 14.3. The minimum atomic E-state index is 0.292. The van der Waals surface area contributed by atoms with E-state index in [2.05, 4.69) is 46.9 Å². The number of hydrogen-bond donors (Lipinski definition) is 1. The Morgan fingerprint density at radius 2 is 1.79 bits per heavy atom. The van der Waals surface area contributed by atoms with Gasteiger partial charge in [-0.1, -0.05) is 34.6 Å². The molecular formula is C17H33NO. The summed E-state index contributed by atoms with van der Waals surface area (Å²) in [5, 5.41) is 3.94. The van der Waals surface area contributed by atoms with E-state index in [9.17, 15) is 0 Å². The van der Waals surface area contributed by atoms with Gasteiger partial charge in [0.15, 0.2) is 0 Å². The first-order chi connectivity index (χ1) is 8.74. The molecule has 2 heteroatoms. The van der Waals surface area contributed by atoms with E-state index in [-0.39, 0.29) is 0 Å². The van der Waals surface area contributed by atoms with Crippen molar-refractivity contribution in [2.45, 2.75) is 85.4 Å². The number of nitrogens with one attached hydrogen (secondary N) is 1. The summed E-state index contributed by atoms with van der Waals surface area (Å²) in [5.41, 5.74) is 0.795. The van der Waals surface area contributed by atoms with Crippen molar-refractivity contribution in [2.24, 2.45) is 16.7 Å². The Morgan fingerprint density at radius 1 is 1.11 bits per heavy atom. The van der Waals surface area contributed by atoms with Gasteiger partial charge in [-0.3, -0.25) is 0 Å². The van der Waals surface area contributed by atoms with E-state index in [1.54, 1.807) is 0 Å². The molecule has 2 rings (SSSR count). The molecule has 4 unspecified atom stereocenters. The average molecular weight is 267 g/mol. The summed E-state index contributed by atoms with van der Waals surface area (Å²) in [6.07, 6.45) is 5.68. The predicted octanol–water partition coefficient (Wildman–Crippen LogP) is 3.99. The predicted molar refractivity (Wildman–Crippen MR) is 81.3 cm³/mol. The number of ether oxygens (including phenoxy) is 1. The minimum Gasteiger partial charge on any atom is -0.378 e. The monoisotopic (exact) mass is 267 g/mol. The summed E-state index contributed by atoms with van der Waals surface area (Å²) < 4.78 is 5.83. The van der Waals surface area contributed by atoms with Crippen molar-refractivity contribution in [3.05, 3.63) is 0 Å². The molecule has 2 fully saturated rings. The molecule has 0 saturated heterocycles. The quantitative estimate of drug-likeness (QED) is 0.831. The second kappa shape index (κ2) is 5.37. The van der Waals surface area contributed by atoms with Gasteiger partial charge >= 0.3 is 0 Å². The van der Waals surface area contributed by atoms with Gasteiger partial charge in [-0.15, -0.1) is 0 Å². The lowest BCUT2D eigenvalue weighted by molar-refractivity contribution is -0.118. The molecule has 112 valence electrons. The standard InChI is InChI=1S/C17H33NO/c1-7-19-15-9-14(17(15,5)6)18-13-8-12(2)10-16(3,4)11-13/h12-15,18H,7-11H2,1-6H3. The largest absolute Gasteiger partial charge is 0.378 e.